The molecule has 1 unspecified atom stereocenters. The van der Waals surface area contributed by atoms with E-state index in [1.165, 1.54) is 0 Å². The molecular weight excluding hydrogens is 324 g/mol. The minimum atomic E-state index is -4.93. The highest BCUT2D eigenvalue weighted by atomic mass is 35.5. The van der Waals surface area contributed by atoms with Gasteiger partial charge in [0, 0.05) is 7.05 Å². The Kier molecular flexibility index (Phi) is 5.14. The second-order valence-electron chi connectivity index (χ2n) is 4.21. The van der Waals surface area contributed by atoms with Crippen molar-refractivity contribution in [3.8, 4) is 0 Å². The normalized spacial score (nSPS) is 13.9. The lowest BCUT2D eigenvalue weighted by Gasteiger charge is -2.30. The number of carbonyl (C=O) groups excluding carboxylic acids is 1. The first kappa shape index (κ1) is 17.6. The summed E-state index contributed by atoms with van der Waals surface area (Å²) in [6.07, 6.45) is -9.71. The molecule has 0 spiro atoms. The summed E-state index contributed by atoms with van der Waals surface area (Å²) in [6, 6.07) is 0.267. The van der Waals surface area contributed by atoms with Crippen molar-refractivity contribution in [2.75, 3.05) is 12.9 Å². The van der Waals surface area contributed by atoms with E-state index in [0.717, 1.165) is 19.2 Å². The van der Waals surface area contributed by atoms with Crippen LogP contribution in [-0.4, -0.2) is 29.9 Å². The predicted octanol–water partition coefficient (Wildman–Crippen LogP) is 4.01. The Bertz CT molecular complexity index is 513. The Morgan fingerprint density at radius 2 is 1.81 bits per heavy atom. The molecule has 0 aliphatic rings. The highest BCUT2D eigenvalue weighted by Gasteiger charge is 2.45. The molecule has 0 radical (unpaired) electrons. The van der Waals surface area contributed by atoms with Crippen LogP contribution in [0.1, 0.15) is 17.2 Å². The highest BCUT2D eigenvalue weighted by molar-refractivity contribution is 6.27. The molecule has 0 aromatic heterocycles. The zero-order valence-electron chi connectivity index (χ0n) is 10.6. The van der Waals surface area contributed by atoms with E-state index >= 15 is 0 Å². The van der Waals surface area contributed by atoms with Gasteiger partial charge >= 0.3 is 12.4 Å². The summed E-state index contributed by atoms with van der Waals surface area (Å²) in [6.45, 7) is 0. The van der Waals surface area contributed by atoms with Crippen molar-refractivity contribution in [3.05, 3.63) is 35.4 Å². The van der Waals surface area contributed by atoms with Gasteiger partial charge in [-0.2, -0.15) is 26.3 Å². The number of carbonyl (C=O) groups is 1. The topological polar surface area (TPSA) is 20.3 Å². The van der Waals surface area contributed by atoms with Crippen molar-refractivity contribution in [2.45, 2.75) is 18.4 Å². The molecule has 0 aliphatic carbocycles. The van der Waals surface area contributed by atoms with Crippen LogP contribution in [0, 0.1) is 0 Å². The maximum absolute atomic E-state index is 13.1. The van der Waals surface area contributed by atoms with Gasteiger partial charge in [-0.15, -0.1) is 11.6 Å². The molecule has 1 atom stereocenters. The lowest BCUT2D eigenvalue weighted by atomic mass is 10.0. The van der Waals surface area contributed by atoms with Gasteiger partial charge in [0.2, 0.25) is 5.91 Å². The minimum Gasteiger partial charge on any atom is -0.329 e. The number of nitrogens with zero attached hydrogens (tertiary/aromatic N) is 1. The number of hydrogen-bond acceptors (Lipinski definition) is 1. The lowest BCUT2D eigenvalue weighted by Crippen LogP contribution is -2.40. The third-order valence-corrected chi connectivity index (χ3v) is 2.96. The van der Waals surface area contributed by atoms with Crippen molar-refractivity contribution in [3.63, 3.8) is 0 Å². The van der Waals surface area contributed by atoms with E-state index in [9.17, 15) is 31.1 Å². The molecule has 0 saturated heterocycles. The summed E-state index contributed by atoms with van der Waals surface area (Å²) in [5, 5.41) is 0. The number of halogens is 7. The van der Waals surface area contributed by atoms with E-state index in [1.807, 2.05) is 0 Å². The summed E-state index contributed by atoms with van der Waals surface area (Å²) in [5.41, 5.74) is -1.90. The number of amides is 1. The first-order chi connectivity index (χ1) is 9.48. The van der Waals surface area contributed by atoms with Crippen LogP contribution in [0.3, 0.4) is 0 Å². The van der Waals surface area contributed by atoms with Gasteiger partial charge in [-0.1, -0.05) is 12.1 Å². The minimum absolute atomic E-state index is 0.280. The standard InChI is InChI=1S/C12H10ClF6NO/c1-20(9(21)6-13)10(12(17,18)19)7-3-2-4-8(5-7)11(14,15)16/h2-5,10H,6H2,1H3. The molecule has 9 heteroatoms. The van der Waals surface area contributed by atoms with Crippen molar-refractivity contribution in [2.24, 2.45) is 0 Å². The van der Waals surface area contributed by atoms with Crippen LogP contribution >= 0.6 is 11.6 Å². The molecule has 0 fully saturated rings. The number of hydrogen-bond donors (Lipinski definition) is 0. The second-order valence-corrected chi connectivity index (χ2v) is 4.47. The van der Waals surface area contributed by atoms with Crippen molar-refractivity contribution < 1.29 is 31.1 Å². The molecule has 21 heavy (non-hydrogen) atoms. The monoisotopic (exact) mass is 333 g/mol. The summed E-state index contributed by atoms with van der Waals surface area (Å²) >= 11 is 5.19. The fourth-order valence-corrected chi connectivity index (χ4v) is 1.94. The van der Waals surface area contributed by atoms with Crippen LogP contribution in [0.2, 0.25) is 0 Å². The van der Waals surface area contributed by atoms with Gasteiger partial charge < -0.3 is 4.90 Å². The maximum Gasteiger partial charge on any atom is 0.416 e. The van der Waals surface area contributed by atoms with Crippen molar-refractivity contribution in [1.29, 1.82) is 0 Å². The average Bonchev–Trinajstić information content (AvgIpc) is 2.35. The molecule has 1 aromatic rings. The average molecular weight is 334 g/mol. The van der Waals surface area contributed by atoms with Crippen LogP contribution in [0.5, 0.6) is 0 Å². The van der Waals surface area contributed by atoms with Gasteiger partial charge in [0.15, 0.2) is 6.04 Å². The van der Waals surface area contributed by atoms with E-state index in [2.05, 4.69) is 0 Å². The van der Waals surface area contributed by atoms with Gasteiger partial charge in [0.25, 0.3) is 0 Å². The Balaban J connectivity index is 3.32. The zero-order chi connectivity index (χ0) is 16.4. The zero-order valence-corrected chi connectivity index (χ0v) is 11.4. The molecule has 0 N–H and O–H groups in total. The van der Waals surface area contributed by atoms with Gasteiger partial charge in [0.05, 0.1) is 5.56 Å². The molecule has 0 bridgehead atoms. The molecule has 1 rings (SSSR count). The number of alkyl halides is 7. The SMILES string of the molecule is CN(C(=O)CCl)C(c1cccc(C(F)(F)F)c1)C(F)(F)F. The Labute approximate surface area is 121 Å². The Morgan fingerprint density at radius 3 is 2.24 bits per heavy atom. The summed E-state index contributed by atoms with van der Waals surface area (Å²) in [7, 11) is 0.836. The first-order valence-electron chi connectivity index (χ1n) is 5.54. The number of benzene rings is 1. The van der Waals surface area contributed by atoms with Crippen LogP contribution in [-0.2, 0) is 11.0 Å². The largest absolute Gasteiger partial charge is 0.416 e. The maximum atomic E-state index is 13.1. The fraction of sp³-hybridized carbons (Fsp3) is 0.417. The van der Waals surface area contributed by atoms with Gasteiger partial charge in [-0.3, -0.25) is 4.79 Å². The molecular formula is C12H10ClF6NO. The van der Waals surface area contributed by atoms with Crippen molar-refractivity contribution >= 4 is 17.5 Å². The number of rotatable bonds is 3. The Hall–Kier alpha value is -1.44. The van der Waals surface area contributed by atoms with Gasteiger partial charge in [-0.05, 0) is 17.7 Å². The second kappa shape index (κ2) is 6.13. The summed E-state index contributed by atoms with van der Waals surface area (Å²) < 4.78 is 76.9. The van der Waals surface area contributed by atoms with Crippen molar-refractivity contribution in [1.82, 2.24) is 4.90 Å². The molecule has 1 amide bonds. The van der Waals surface area contributed by atoms with E-state index in [1.54, 1.807) is 0 Å². The smallest absolute Gasteiger partial charge is 0.329 e. The van der Waals surface area contributed by atoms with E-state index < -0.39 is 41.3 Å². The van der Waals surface area contributed by atoms with Gasteiger partial charge in [0.1, 0.15) is 5.88 Å². The van der Waals surface area contributed by atoms with E-state index in [0.29, 0.717) is 12.1 Å². The fourth-order valence-electron chi connectivity index (χ4n) is 1.76. The Morgan fingerprint density at radius 1 is 1.24 bits per heavy atom. The predicted molar refractivity (Wildman–Crippen MR) is 63.7 cm³/mol. The summed E-state index contributed by atoms with van der Waals surface area (Å²) in [5.74, 6) is -1.75. The quantitative estimate of drug-likeness (QED) is 0.604. The van der Waals surface area contributed by atoms with Crippen LogP contribution in [0.15, 0.2) is 24.3 Å². The van der Waals surface area contributed by atoms with Gasteiger partial charge in [-0.25, -0.2) is 0 Å². The third kappa shape index (κ3) is 4.26. The van der Waals surface area contributed by atoms with Crippen LogP contribution in [0.4, 0.5) is 26.3 Å². The summed E-state index contributed by atoms with van der Waals surface area (Å²) in [4.78, 5) is 11.6. The molecule has 118 valence electrons. The lowest BCUT2D eigenvalue weighted by molar-refractivity contribution is -0.188. The van der Waals surface area contributed by atoms with Crippen LogP contribution in [0.25, 0.3) is 0 Å². The molecule has 0 aliphatic heterocycles. The molecule has 1 aromatic carbocycles. The molecule has 0 heterocycles. The first-order valence-corrected chi connectivity index (χ1v) is 6.07. The molecule has 2 nitrogen and oxygen atoms in total. The molecule has 0 saturated carbocycles. The third-order valence-electron chi connectivity index (χ3n) is 2.73. The van der Waals surface area contributed by atoms with E-state index in [-0.39, 0.29) is 4.90 Å². The van der Waals surface area contributed by atoms with E-state index in [4.69, 9.17) is 11.6 Å². The highest BCUT2D eigenvalue weighted by Crippen LogP contribution is 2.39. The van der Waals surface area contributed by atoms with Crippen LogP contribution < -0.4 is 0 Å².